The van der Waals surface area contributed by atoms with Crippen molar-refractivity contribution in [3.63, 3.8) is 0 Å². The minimum atomic E-state index is -0.451. The van der Waals surface area contributed by atoms with Crippen molar-refractivity contribution in [2.24, 2.45) is 0 Å². The molecule has 8 heteroatoms. The molecule has 0 spiro atoms. The summed E-state index contributed by atoms with van der Waals surface area (Å²) in [5.41, 5.74) is 1.43. The normalized spacial score (nSPS) is 10.1. The van der Waals surface area contributed by atoms with Crippen LogP contribution in [0.5, 0.6) is 17.2 Å². The van der Waals surface area contributed by atoms with Crippen molar-refractivity contribution in [2.75, 3.05) is 37.1 Å². The van der Waals surface area contributed by atoms with Crippen LogP contribution in [0.3, 0.4) is 0 Å². The summed E-state index contributed by atoms with van der Waals surface area (Å²) in [4.78, 5) is 24.1. The van der Waals surface area contributed by atoms with Gasteiger partial charge in [-0.15, -0.1) is 0 Å². The number of benzene rings is 2. The van der Waals surface area contributed by atoms with E-state index in [1.165, 1.54) is 0 Å². The number of ether oxygens (including phenoxy) is 4. The van der Waals surface area contributed by atoms with Gasteiger partial charge in [0.15, 0.2) is 11.5 Å². The Morgan fingerprint density at radius 3 is 1.77 bits per heavy atom. The highest BCUT2D eigenvalue weighted by atomic mass is 16.5. The maximum atomic E-state index is 12.4. The molecule has 0 radical (unpaired) electrons. The molecule has 2 aromatic carbocycles. The lowest BCUT2D eigenvalue weighted by Gasteiger charge is -2.17. The monoisotopic (exact) mass is 416 g/mol. The molecule has 0 aliphatic rings. The van der Waals surface area contributed by atoms with Crippen molar-refractivity contribution >= 4 is 23.4 Å². The topological polar surface area (TPSA) is 95.1 Å². The minimum absolute atomic E-state index is 0.302. The van der Waals surface area contributed by atoms with Gasteiger partial charge in [-0.05, 0) is 52.0 Å². The van der Waals surface area contributed by atoms with Crippen LogP contribution < -0.4 is 24.8 Å². The maximum Gasteiger partial charge on any atom is 0.338 e. The van der Waals surface area contributed by atoms with Crippen LogP contribution in [0.4, 0.5) is 16.2 Å². The molecular weight excluding hydrogens is 388 g/mol. The highest BCUT2D eigenvalue weighted by Crippen LogP contribution is 2.40. The van der Waals surface area contributed by atoms with Gasteiger partial charge >= 0.3 is 12.0 Å². The summed E-state index contributed by atoms with van der Waals surface area (Å²) in [6.45, 7) is 8.98. The van der Waals surface area contributed by atoms with E-state index >= 15 is 0 Å². The van der Waals surface area contributed by atoms with Crippen LogP contribution in [0.1, 0.15) is 38.1 Å². The van der Waals surface area contributed by atoms with Gasteiger partial charge in [-0.1, -0.05) is 0 Å². The van der Waals surface area contributed by atoms with Crippen LogP contribution in [-0.2, 0) is 4.74 Å². The summed E-state index contributed by atoms with van der Waals surface area (Å²) in [6, 6.07) is 9.34. The van der Waals surface area contributed by atoms with Gasteiger partial charge in [-0.25, -0.2) is 9.59 Å². The summed E-state index contributed by atoms with van der Waals surface area (Å²) in [7, 11) is 0. The van der Waals surface area contributed by atoms with Gasteiger partial charge in [0.25, 0.3) is 0 Å². The number of amides is 2. The van der Waals surface area contributed by atoms with Crippen molar-refractivity contribution in [3.8, 4) is 17.2 Å². The molecule has 0 atom stereocenters. The van der Waals surface area contributed by atoms with E-state index < -0.39 is 12.0 Å². The van der Waals surface area contributed by atoms with Crippen molar-refractivity contribution < 1.29 is 28.5 Å². The van der Waals surface area contributed by atoms with Crippen LogP contribution in [-0.4, -0.2) is 38.4 Å². The van der Waals surface area contributed by atoms with Crippen LogP contribution in [0, 0.1) is 0 Å². The first-order valence-electron chi connectivity index (χ1n) is 9.93. The molecular formula is C22H28N2O6. The Morgan fingerprint density at radius 1 is 0.733 bits per heavy atom. The lowest BCUT2D eigenvalue weighted by Crippen LogP contribution is -2.19. The highest BCUT2D eigenvalue weighted by Gasteiger charge is 2.16. The predicted molar refractivity (Wildman–Crippen MR) is 115 cm³/mol. The molecule has 0 unspecified atom stereocenters. The Labute approximate surface area is 176 Å². The number of nitrogens with one attached hydrogen (secondary N) is 2. The lowest BCUT2D eigenvalue weighted by molar-refractivity contribution is 0.0526. The van der Waals surface area contributed by atoms with Gasteiger partial charge in [0.1, 0.15) is 0 Å². The van der Waals surface area contributed by atoms with Gasteiger partial charge < -0.3 is 29.6 Å². The predicted octanol–water partition coefficient (Wildman–Crippen LogP) is 4.70. The molecule has 0 bridgehead atoms. The van der Waals surface area contributed by atoms with E-state index in [9.17, 15) is 9.59 Å². The highest BCUT2D eigenvalue weighted by molar-refractivity contribution is 6.00. The molecule has 2 amide bonds. The maximum absolute atomic E-state index is 12.4. The second-order valence-corrected chi connectivity index (χ2v) is 5.98. The fourth-order valence-electron chi connectivity index (χ4n) is 2.66. The van der Waals surface area contributed by atoms with E-state index in [1.54, 1.807) is 43.3 Å². The molecule has 0 saturated carbocycles. The van der Waals surface area contributed by atoms with Crippen LogP contribution in [0.2, 0.25) is 0 Å². The number of carbonyl (C=O) groups is 2. The van der Waals surface area contributed by atoms with E-state index in [0.717, 1.165) is 0 Å². The second-order valence-electron chi connectivity index (χ2n) is 5.98. The van der Waals surface area contributed by atoms with Gasteiger partial charge in [0.2, 0.25) is 5.75 Å². The van der Waals surface area contributed by atoms with Crippen LogP contribution in [0.25, 0.3) is 0 Å². The lowest BCUT2D eigenvalue weighted by atomic mass is 10.2. The molecule has 162 valence electrons. The van der Waals surface area contributed by atoms with E-state index in [-0.39, 0.29) is 0 Å². The zero-order valence-electron chi connectivity index (χ0n) is 17.7. The largest absolute Gasteiger partial charge is 0.490 e. The molecule has 2 N–H and O–H groups in total. The minimum Gasteiger partial charge on any atom is -0.490 e. The number of carbonyl (C=O) groups excluding carboxylic acids is 2. The van der Waals surface area contributed by atoms with Gasteiger partial charge in [0, 0.05) is 17.8 Å². The van der Waals surface area contributed by atoms with Crippen molar-refractivity contribution in [3.05, 3.63) is 42.0 Å². The number of esters is 1. The Balaban J connectivity index is 2.14. The first-order chi connectivity index (χ1) is 14.5. The molecule has 8 nitrogen and oxygen atoms in total. The molecule has 30 heavy (non-hydrogen) atoms. The fraction of sp³-hybridized carbons (Fsp3) is 0.364. The Kier molecular flexibility index (Phi) is 8.80. The molecule has 0 saturated heterocycles. The standard InChI is InChI=1S/C22H28N2O6/c1-5-27-18-13-17(14-19(28-6-2)20(18)29-7-3)24-22(26)23-16-11-9-15(10-12-16)21(25)30-8-4/h9-14H,5-8H2,1-4H3,(H2,23,24,26). The van der Waals surface area contributed by atoms with E-state index in [4.69, 9.17) is 18.9 Å². The molecule has 2 rings (SSSR count). The van der Waals surface area contributed by atoms with Crippen LogP contribution >= 0.6 is 0 Å². The molecule has 0 aliphatic heterocycles. The zero-order chi connectivity index (χ0) is 21.9. The van der Waals surface area contributed by atoms with Crippen molar-refractivity contribution in [2.45, 2.75) is 27.7 Å². The molecule has 0 fully saturated rings. The van der Waals surface area contributed by atoms with E-state index in [2.05, 4.69) is 10.6 Å². The Morgan fingerprint density at radius 2 is 1.27 bits per heavy atom. The van der Waals surface area contributed by atoms with Crippen molar-refractivity contribution in [1.29, 1.82) is 0 Å². The van der Waals surface area contributed by atoms with Crippen molar-refractivity contribution in [1.82, 2.24) is 0 Å². The molecule has 0 aliphatic carbocycles. The Bertz CT molecular complexity index is 824. The zero-order valence-corrected chi connectivity index (χ0v) is 17.7. The number of hydrogen-bond acceptors (Lipinski definition) is 6. The average Bonchev–Trinajstić information content (AvgIpc) is 2.71. The van der Waals surface area contributed by atoms with Gasteiger partial charge in [-0.2, -0.15) is 0 Å². The Hall–Kier alpha value is -3.42. The number of urea groups is 1. The third kappa shape index (κ3) is 6.30. The van der Waals surface area contributed by atoms with Crippen LogP contribution in [0.15, 0.2) is 36.4 Å². The summed E-state index contributed by atoms with van der Waals surface area (Å²) in [5.74, 6) is 1.07. The molecule has 0 heterocycles. The summed E-state index contributed by atoms with van der Waals surface area (Å²) < 4.78 is 21.9. The smallest absolute Gasteiger partial charge is 0.338 e. The third-order valence-electron chi connectivity index (χ3n) is 3.82. The summed E-state index contributed by atoms with van der Waals surface area (Å²) >= 11 is 0. The first-order valence-corrected chi connectivity index (χ1v) is 9.93. The third-order valence-corrected chi connectivity index (χ3v) is 3.82. The van der Waals surface area contributed by atoms with E-state index in [1.807, 2.05) is 20.8 Å². The molecule has 0 aromatic heterocycles. The number of rotatable bonds is 10. The number of anilines is 2. The quantitative estimate of drug-likeness (QED) is 0.545. The second kappa shape index (κ2) is 11.5. The number of hydrogen-bond donors (Lipinski definition) is 2. The summed E-state index contributed by atoms with van der Waals surface area (Å²) in [6.07, 6.45) is 0. The molecule has 2 aromatic rings. The first kappa shape index (κ1) is 22.9. The van der Waals surface area contributed by atoms with Gasteiger partial charge in [-0.3, -0.25) is 0 Å². The van der Waals surface area contributed by atoms with E-state index in [0.29, 0.717) is 60.6 Å². The van der Waals surface area contributed by atoms with Gasteiger partial charge in [0.05, 0.1) is 37.7 Å². The average molecular weight is 416 g/mol. The summed E-state index contributed by atoms with van der Waals surface area (Å²) in [5, 5.41) is 5.47. The fourth-order valence-corrected chi connectivity index (χ4v) is 2.66. The SMILES string of the molecule is CCOC(=O)c1ccc(NC(=O)Nc2cc(OCC)c(OCC)c(OCC)c2)cc1.